The second-order valence-corrected chi connectivity index (χ2v) is 2.04. The van der Waals surface area contributed by atoms with Gasteiger partial charge in [-0.3, -0.25) is 0 Å². The van der Waals surface area contributed by atoms with Gasteiger partial charge in [-0.1, -0.05) is 17.7 Å². The first-order chi connectivity index (χ1) is 4.91. The number of halogens is 1. The van der Waals surface area contributed by atoms with E-state index in [0.717, 1.165) is 19.3 Å². The Bertz CT molecular complexity index is 102. The van der Waals surface area contributed by atoms with Gasteiger partial charge in [0.05, 0.1) is 6.61 Å². The van der Waals surface area contributed by atoms with Crippen LogP contribution in [0.15, 0.2) is 11.6 Å². The number of hydrogen-bond donors (Lipinski definition) is 0. The molecule has 0 aromatic rings. The summed E-state index contributed by atoms with van der Waals surface area (Å²) in [6.07, 6.45) is 4.67. The molecule has 0 spiro atoms. The third-order valence-corrected chi connectivity index (χ3v) is 1.19. The van der Waals surface area contributed by atoms with Crippen LogP contribution >= 0.6 is 11.6 Å². The number of carbonyl (C=O) groups excluding carboxylic acids is 1. The van der Waals surface area contributed by atoms with Gasteiger partial charge in [0, 0.05) is 5.54 Å². The monoisotopic (exact) mass is 161 g/mol. The lowest BCUT2D eigenvalue weighted by molar-refractivity contribution is 0.270. The highest BCUT2D eigenvalue weighted by atomic mass is 35.5. The van der Waals surface area contributed by atoms with Crippen molar-refractivity contribution in [3.05, 3.63) is 11.6 Å². The summed E-state index contributed by atoms with van der Waals surface area (Å²) in [5.74, 6) is 0. The Hall–Kier alpha value is -0.500. The van der Waals surface area contributed by atoms with E-state index in [1.165, 1.54) is 12.0 Å². The molecule has 2 nitrogen and oxygen atoms in total. The predicted molar refractivity (Wildman–Crippen MR) is 40.5 cm³/mol. The zero-order valence-electron chi connectivity index (χ0n) is 5.68. The van der Waals surface area contributed by atoms with Crippen molar-refractivity contribution in [1.29, 1.82) is 0 Å². The Kier molecular flexibility index (Phi) is 8.07. The van der Waals surface area contributed by atoms with Gasteiger partial charge in [-0.15, -0.1) is 0 Å². The second kappa shape index (κ2) is 8.50. The van der Waals surface area contributed by atoms with Crippen molar-refractivity contribution >= 4 is 18.1 Å². The third-order valence-electron chi connectivity index (χ3n) is 1.02. The summed E-state index contributed by atoms with van der Waals surface area (Å²) in [6.45, 7) is 1.82. The zero-order valence-corrected chi connectivity index (χ0v) is 6.43. The molecule has 0 amide bonds. The quantitative estimate of drug-likeness (QED) is 0.557. The summed E-state index contributed by atoms with van der Waals surface area (Å²) in [4.78, 5) is 9.51. The summed E-state index contributed by atoms with van der Waals surface area (Å²) in [7, 11) is 0. The first kappa shape index (κ1) is 9.50. The number of unbranched alkanes of at least 4 members (excludes halogenated alkanes) is 2. The Morgan fingerprint density at radius 3 is 2.90 bits per heavy atom. The van der Waals surface area contributed by atoms with Crippen molar-refractivity contribution in [1.82, 2.24) is 0 Å². The fraction of sp³-hybridized carbons (Fsp3) is 0.571. The normalized spacial score (nSPS) is 10.1. The van der Waals surface area contributed by atoms with Crippen LogP contribution in [-0.2, 0) is 9.53 Å². The Balaban J connectivity index is 2.83. The summed E-state index contributed by atoms with van der Waals surface area (Å²) < 4.78 is 4.35. The SMILES string of the molecule is O=[C]OCCCCC=CCl. The van der Waals surface area contributed by atoms with Gasteiger partial charge >= 0.3 is 6.47 Å². The first-order valence-corrected chi connectivity index (χ1v) is 3.59. The molecule has 57 valence electrons. The van der Waals surface area contributed by atoms with E-state index < -0.39 is 0 Å². The van der Waals surface area contributed by atoms with Crippen molar-refractivity contribution in [2.75, 3.05) is 6.61 Å². The molecule has 0 aliphatic rings. The van der Waals surface area contributed by atoms with Gasteiger partial charge in [0.2, 0.25) is 0 Å². The molecule has 0 N–H and O–H groups in total. The van der Waals surface area contributed by atoms with Crippen molar-refractivity contribution in [2.45, 2.75) is 19.3 Å². The third kappa shape index (κ3) is 7.50. The predicted octanol–water partition coefficient (Wildman–Crippen LogP) is 1.99. The molecule has 0 aromatic carbocycles. The highest BCUT2D eigenvalue weighted by molar-refractivity contribution is 6.25. The summed E-state index contributed by atoms with van der Waals surface area (Å²) in [5.41, 5.74) is 1.49. The van der Waals surface area contributed by atoms with E-state index >= 15 is 0 Å². The Labute approximate surface area is 65.8 Å². The number of ether oxygens (including phenoxy) is 1. The van der Waals surface area contributed by atoms with E-state index in [2.05, 4.69) is 4.74 Å². The largest absolute Gasteiger partial charge is 0.457 e. The van der Waals surface area contributed by atoms with Crippen molar-refractivity contribution in [2.24, 2.45) is 0 Å². The lowest BCUT2D eigenvalue weighted by atomic mass is 10.2. The molecule has 0 heterocycles. The van der Waals surface area contributed by atoms with Gasteiger partial charge in [0.25, 0.3) is 0 Å². The molecular formula is C7H10ClO2. The van der Waals surface area contributed by atoms with Crippen LogP contribution in [0.25, 0.3) is 0 Å². The molecular weight excluding hydrogens is 152 g/mol. The fourth-order valence-corrected chi connectivity index (χ4v) is 0.667. The molecule has 1 radical (unpaired) electrons. The van der Waals surface area contributed by atoms with Crippen LogP contribution < -0.4 is 0 Å². The summed E-state index contributed by atoms with van der Waals surface area (Å²) in [6, 6.07) is 0. The number of rotatable bonds is 6. The zero-order chi connectivity index (χ0) is 7.66. The van der Waals surface area contributed by atoms with Gasteiger partial charge in [0.1, 0.15) is 0 Å². The average molecular weight is 162 g/mol. The Morgan fingerprint density at radius 1 is 1.50 bits per heavy atom. The maximum atomic E-state index is 9.51. The lowest BCUT2D eigenvalue weighted by Gasteiger charge is -1.93. The van der Waals surface area contributed by atoms with Crippen LogP contribution in [0.2, 0.25) is 0 Å². The van der Waals surface area contributed by atoms with E-state index in [0.29, 0.717) is 6.61 Å². The maximum Gasteiger partial charge on any atom is 0.417 e. The van der Waals surface area contributed by atoms with E-state index in [4.69, 9.17) is 11.6 Å². The van der Waals surface area contributed by atoms with Crippen LogP contribution in [0.4, 0.5) is 0 Å². The minimum absolute atomic E-state index is 0.458. The van der Waals surface area contributed by atoms with E-state index in [9.17, 15) is 4.79 Å². The molecule has 0 unspecified atom stereocenters. The van der Waals surface area contributed by atoms with Crippen LogP contribution in [-0.4, -0.2) is 13.1 Å². The minimum Gasteiger partial charge on any atom is -0.457 e. The van der Waals surface area contributed by atoms with Crippen molar-refractivity contribution in [3.63, 3.8) is 0 Å². The van der Waals surface area contributed by atoms with Gasteiger partial charge in [-0.05, 0) is 19.3 Å². The highest BCUT2D eigenvalue weighted by Gasteiger charge is 1.85. The molecule has 0 saturated carbocycles. The van der Waals surface area contributed by atoms with Crippen molar-refractivity contribution in [3.8, 4) is 0 Å². The Morgan fingerprint density at radius 2 is 2.30 bits per heavy atom. The standard InChI is InChI=1S/C7H10ClO2/c8-5-3-1-2-4-6-10-7-9/h3,5H,1-2,4,6H2. The lowest BCUT2D eigenvalue weighted by Crippen LogP contribution is -1.90. The second-order valence-electron chi connectivity index (χ2n) is 1.79. The average Bonchev–Trinajstić information content (AvgIpc) is 1.97. The summed E-state index contributed by atoms with van der Waals surface area (Å²) in [5, 5.41) is 0. The highest BCUT2D eigenvalue weighted by Crippen LogP contribution is 1.96. The molecule has 0 rings (SSSR count). The maximum absolute atomic E-state index is 9.51. The van der Waals surface area contributed by atoms with Crippen LogP contribution in [0, 0.1) is 0 Å². The molecule has 0 saturated heterocycles. The molecule has 0 aliphatic carbocycles. The smallest absolute Gasteiger partial charge is 0.417 e. The number of allylic oxidation sites excluding steroid dienone is 1. The van der Waals surface area contributed by atoms with Gasteiger partial charge < -0.3 is 4.74 Å². The van der Waals surface area contributed by atoms with E-state index in [-0.39, 0.29) is 0 Å². The molecule has 0 fully saturated rings. The molecule has 3 heteroatoms. The van der Waals surface area contributed by atoms with E-state index in [1.807, 2.05) is 6.08 Å². The minimum atomic E-state index is 0.458. The molecule has 0 bridgehead atoms. The first-order valence-electron chi connectivity index (χ1n) is 3.16. The molecule has 0 aromatic heterocycles. The molecule has 0 atom stereocenters. The number of hydrogen-bond acceptors (Lipinski definition) is 2. The van der Waals surface area contributed by atoms with Crippen LogP contribution in [0.3, 0.4) is 0 Å². The van der Waals surface area contributed by atoms with Gasteiger partial charge in [0.15, 0.2) is 0 Å². The van der Waals surface area contributed by atoms with Gasteiger partial charge in [-0.2, -0.15) is 0 Å². The van der Waals surface area contributed by atoms with Crippen molar-refractivity contribution < 1.29 is 9.53 Å². The van der Waals surface area contributed by atoms with Crippen LogP contribution in [0.1, 0.15) is 19.3 Å². The van der Waals surface area contributed by atoms with Crippen LogP contribution in [0.5, 0.6) is 0 Å². The molecule has 10 heavy (non-hydrogen) atoms. The summed E-state index contributed by atoms with van der Waals surface area (Å²) >= 11 is 5.27. The molecule has 0 aliphatic heterocycles. The van der Waals surface area contributed by atoms with E-state index in [1.54, 1.807) is 0 Å². The van der Waals surface area contributed by atoms with Gasteiger partial charge in [-0.25, -0.2) is 4.79 Å². The topological polar surface area (TPSA) is 26.3 Å². The fourth-order valence-electron chi connectivity index (χ4n) is 0.541.